The van der Waals surface area contributed by atoms with Gasteiger partial charge in [-0.3, -0.25) is 9.59 Å². The van der Waals surface area contributed by atoms with E-state index in [1.54, 1.807) is 4.90 Å². The Morgan fingerprint density at radius 1 is 0.935 bits per heavy atom. The Morgan fingerprint density at radius 2 is 1.45 bits per heavy atom. The van der Waals surface area contributed by atoms with Crippen molar-refractivity contribution in [2.45, 2.75) is 51.0 Å². The van der Waals surface area contributed by atoms with Crippen molar-refractivity contribution in [3.63, 3.8) is 0 Å². The molecule has 0 aliphatic rings. The molecule has 0 aliphatic carbocycles. The van der Waals surface area contributed by atoms with Crippen molar-refractivity contribution in [3.8, 4) is 0 Å². The van der Waals surface area contributed by atoms with E-state index in [1.165, 1.54) is 33.8 Å². The summed E-state index contributed by atoms with van der Waals surface area (Å²) in [7, 11) is 0. The maximum Gasteiger partial charge on any atom is 0.233 e. The number of rotatable bonds is 12. The number of benzene rings is 1. The summed E-state index contributed by atoms with van der Waals surface area (Å²) < 4.78 is 1.35. The molecule has 0 fully saturated rings. The highest BCUT2D eigenvalue weighted by Gasteiger charge is 2.18. The summed E-state index contributed by atoms with van der Waals surface area (Å²) in [5, 5.41) is 9.07. The molecule has 0 saturated heterocycles. The Bertz CT molecular complexity index is 852. The molecule has 170 valence electrons. The Morgan fingerprint density at radius 3 is 1.94 bits per heavy atom. The Balaban J connectivity index is 1.92. The molecule has 0 bridgehead atoms. The van der Waals surface area contributed by atoms with Gasteiger partial charge in [0.25, 0.3) is 0 Å². The van der Waals surface area contributed by atoms with Crippen molar-refractivity contribution < 1.29 is 9.59 Å². The molecule has 0 unspecified atom stereocenters. The molecule has 0 spiro atoms. The van der Waals surface area contributed by atoms with Crippen LogP contribution in [0.1, 0.15) is 38.3 Å². The molecular weight excluding hydrogens is 432 g/mol. The van der Waals surface area contributed by atoms with Gasteiger partial charge in [-0.1, -0.05) is 60.3 Å². The third-order valence-electron chi connectivity index (χ3n) is 4.74. The predicted octanol–water partition coefficient (Wildman–Crippen LogP) is 2.79. The van der Waals surface area contributed by atoms with Crippen LogP contribution in [-0.4, -0.2) is 67.6 Å². The molecule has 2 aromatic rings. The Kier molecular flexibility index (Phi) is 10.2. The van der Waals surface area contributed by atoms with E-state index in [2.05, 4.69) is 41.4 Å². The Labute approximate surface area is 192 Å². The van der Waals surface area contributed by atoms with Crippen molar-refractivity contribution in [1.82, 2.24) is 24.7 Å². The molecule has 8 nitrogen and oxygen atoms in total. The molecule has 2 N–H and O–H groups in total. The van der Waals surface area contributed by atoms with Crippen LogP contribution in [0, 0.1) is 6.92 Å². The second-order valence-electron chi connectivity index (χ2n) is 7.08. The van der Waals surface area contributed by atoms with Crippen LogP contribution in [0.3, 0.4) is 0 Å². The number of carbonyl (C=O) groups excluding carboxylic acids is 2. The number of carbonyl (C=O) groups is 2. The summed E-state index contributed by atoms with van der Waals surface area (Å²) >= 11 is 2.51. The van der Waals surface area contributed by atoms with Crippen molar-refractivity contribution >= 4 is 35.3 Å². The van der Waals surface area contributed by atoms with Gasteiger partial charge in [-0.05, 0) is 32.8 Å². The van der Waals surface area contributed by atoms with Crippen LogP contribution >= 0.6 is 23.5 Å². The molecule has 2 amide bonds. The van der Waals surface area contributed by atoms with Gasteiger partial charge in [0.2, 0.25) is 22.1 Å². The number of thioether (sulfide) groups is 2. The summed E-state index contributed by atoms with van der Waals surface area (Å²) in [5.74, 6) is 6.63. The normalized spacial score (nSPS) is 10.8. The van der Waals surface area contributed by atoms with Gasteiger partial charge in [-0.2, -0.15) is 0 Å². The number of aromatic nitrogens is 3. The van der Waals surface area contributed by atoms with E-state index in [0.717, 1.165) is 12.0 Å². The standard InChI is InChI=1S/C21H32N6O2S2/c1-5-12-26(13-17-10-8-16(4)9-11-17)19(29)15-31-21-24-23-20(27(21)22)30-14-18(28)25(6-2)7-3/h8-11H,5-7,12-15,22H2,1-4H3. The van der Waals surface area contributed by atoms with E-state index in [0.29, 0.717) is 36.5 Å². The second kappa shape index (κ2) is 12.6. The summed E-state index contributed by atoms with van der Waals surface area (Å²) in [4.78, 5) is 28.6. The largest absolute Gasteiger partial charge is 0.343 e. The molecule has 0 atom stereocenters. The molecule has 1 aromatic carbocycles. The van der Waals surface area contributed by atoms with Gasteiger partial charge in [0.1, 0.15) is 0 Å². The molecule has 0 aliphatic heterocycles. The topological polar surface area (TPSA) is 97.4 Å². The average molecular weight is 465 g/mol. The molecule has 10 heteroatoms. The van der Waals surface area contributed by atoms with Crippen molar-refractivity contribution in [3.05, 3.63) is 35.4 Å². The number of hydrogen-bond acceptors (Lipinski definition) is 7. The summed E-state index contributed by atoms with van der Waals surface area (Å²) in [6.45, 7) is 10.6. The first-order valence-corrected chi connectivity index (χ1v) is 12.4. The third-order valence-corrected chi connectivity index (χ3v) is 6.59. The van der Waals surface area contributed by atoms with Crippen LogP contribution in [0.2, 0.25) is 0 Å². The molecule has 1 heterocycles. The first kappa shape index (κ1) is 25.1. The maximum absolute atomic E-state index is 12.8. The number of nitrogens with two attached hydrogens (primary N) is 1. The lowest BCUT2D eigenvalue weighted by atomic mass is 10.1. The zero-order chi connectivity index (χ0) is 22.8. The fourth-order valence-electron chi connectivity index (χ4n) is 2.95. The molecule has 2 rings (SSSR count). The molecule has 31 heavy (non-hydrogen) atoms. The number of nitrogen functional groups attached to an aromatic ring is 1. The minimum atomic E-state index is 0.0290. The summed E-state index contributed by atoms with van der Waals surface area (Å²) in [5.41, 5.74) is 2.30. The zero-order valence-corrected chi connectivity index (χ0v) is 20.3. The zero-order valence-electron chi connectivity index (χ0n) is 18.7. The van der Waals surface area contributed by atoms with Crippen LogP contribution in [0.15, 0.2) is 34.6 Å². The highest BCUT2D eigenvalue weighted by molar-refractivity contribution is 8.00. The van der Waals surface area contributed by atoms with Crippen molar-refractivity contribution in [2.24, 2.45) is 0 Å². The maximum atomic E-state index is 12.8. The predicted molar refractivity (Wildman–Crippen MR) is 126 cm³/mol. The van der Waals surface area contributed by atoms with Gasteiger partial charge in [-0.15, -0.1) is 10.2 Å². The second-order valence-corrected chi connectivity index (χ2v) is 8.96. The van der Waals surface area contributed by atoms with Gasteiger partial charge < -0.3 is 15.6 Å². The van der Waals surface area contributed by atoms with Crippen LogP contribution < -0.4 is 5.84 Å². The van der Waals surface area contributed by atoms with E-state index in [1.807, 2.05) is 25.7 Å². The first-order chi connectivity index (χ1) is 14.9. The number of hydrogen-bond donors (Lipinski definition) is 1. The van der Waals surface area contributed by atoms with Gasteiger partial charge >= 0.3 is 0 Å². The van der Waals surface area contributed by atoms with Crippen LogP contribution in [0.5, 0.6) is 0 Å². The highest BCUT2D eigenvalue weighted by Crippen LogP contribution is 2.22. The summed E-state index contributed by atoms with van der Waals surface area (Å²) in [6, 6.07) is 8.22. The van der Waals surface area contributed by atoms with Gasteiger partial charge in [0.05, 0.1) is 11.5 Å². The lowest BCUT2D eigenvalue weighted by molar-refractivity contribution is -0.129. The van der Waals surface area contributed by atoms with E-state index in [4.69, 9.17) is 5.84 Å². The molecule has 0 radical (unpaired) electrons. The average Bonchev–Trinajstić information content (AvgIpc) is 3.12. The highest BCUT2D eigenvalue weighted by atomic mass is 32.2. The van der Waals surface area contributed by atoms with Crippen LogP contribution in [-0.2, 0) is 16.1 Å². The fraction of sp³-hybridized carbons (Fsp3) is 0.524. The van der Waals surface area contributed by atoms with Gasteiger partial charge in [0.15, 0.2) is 0 Å². The van der Waals surface area contributed by atoms with E-state index in [9.17, 15) is 9.59 Å². The first-order valence-electron chi connectivity index (χ1n) is 10.5. The van der Waals surface area contributed by atoms with Crippen molar-refractivity contribution in [2.75, 3.05) is 37.0 Å². The number of amides is 2. The molecular formula is C21H32N6O2S2. The van der Waals surface area contributed by atoms with Gasteiger partial charge in [0, 0.05) is 26.2 Å². The van der Waals surface area contributed by atoms with Crippen LogP contribution in [0.4, 0.5) is 0 Å². The molecule has 0 saturated carbocycles. The quantitative estimate of drug-likeness (QED) is 0.381. The lowest BCUT2D eigenvalue weighted by Crippen LogP contribution is -2.32. The summed E-state index contributed by atoms with van der Waals surface area (Å²) in [6.07, 6.45) is 0.886. The van der Waals surface area contributed by atoms with Gasteiger partial charge in [-0.25, -0.2) is 4.68 Å². The fourth-order valence-corrected chi connectivity index (χ4v) is 4.52. The van der Waals surface area contributed by atoms with E-state index in [-0.39, 0.29) is 23.3 Å². The van der Waals surface area contributed by atoms with E-state index < -0.39 is 0 Å². The minimum absolute atomic E-state index is 0.0290. The molecule has 1 aromatic heterocycles. The van der Waals surface area contributed by atoms with Crippen LogP contribution in [0.25, 0.3) is 0 Å². The SMILES string of the molecule is CCCN(Cc1ccc(C)cc1)C(=O)CSc1nnc(SCC(=O)N(CC)CC)n1N. The van der Waals surface area contributed by atoms with E-state index >= 15 is 0 Å². The monoisotopic (exact) mass is 464 g/mol. The lowest BCUT2D eigenvalue weighted by Gasteiger charge is -2.22. The van der Waals surface area contributed by atoms with Crippen molar-refractivity contribution in [1.29, 1.82) is 0 Å². The third kappa shape index (κ3) is 7.46. The smallest absolute Gasteiger partial charge is 0.233 e. The number of aryl methyl sites for hydroxylation is 1. The minimum Gasteiger partial charge on any atom is -0.343 e. The number of nitrogens with zero attached hydrogens (tertiary/aromatic N) is 5. The Hall–Kier alpha value is -2.20.